The van der Waals surface area contributed by atoms with Crippen LogP contribution in [-0.2, 0) is 4.79 Å². The summed E-state index contributed by atoms with van der Waals surface area (Å²) in [5.74, 6) is -1.81. The summed E-state index contributed by atoms with van der Waals surface area (Å²) in [5, 5.41) is 2.87. The molecular formula is C18H22F2N5OS+. The molecule has 1 atom stereocenters. The number of alkyl halides is 2. The molecule has 1 fully saturated rings. The number of rotatable bonds is 6. The van der Waals surface area contributed by atoms with Crippen molar-refractivity contribution in [2.45, 2.75) is 23.6 Å². The monoisotopic (exact) mass is 394 g/mol. The maximum atomic E-state index is 12.5. The van der Waals surface area contributed by atoms with Crippen molar-refractivity contribution in [3.63, 3.8) is 0 Å². The number of halogens is 2. The number of aromatic nitrogens is 2. The van der Waals surface area contributed by atoms with E-state index in [1.54, 1.807) is 42.7 Å². The predicted octanol–water partition coefficient (Wildman–Crippen LogP) is 1.52. The Morgan fingerprint density at radius 2 is 1.81 bits per heavy atom. The summed E-state index contributed by atoms with van der Waals surface area (Å²) < 4.78 is 24.7. The molecule has 9 heteroatoms. The van der Waals surface area contributed by atoms with Crippen LogP contribution < -0.4 is 15.1 Å². The van der Waals surface area contributed by atoms with Crippen LogP contribution in [0.5, 0.6) is 0 Å². The maximum absolute atomic E-state index is 12.5. The Labute approximate surface area is 161 Å². The Morgan fingerprint density at radius 3 is 2.41 bits per heavy atom. The average molecular weight is 394 g/mol. The van der Waals surface area contributed by atoms with Crippen LogP contribution in [-0.4, -0.2) is 53.9 Å². The number of benzene rings is 1. The van der Waals surface area contributed by atoms with E-state index in [2.05, 4.69) is 20.2 Å². The number of amides is 1. The summed E-state index contributed by atoms with van der Waals surface area (Å²) >= 11 is 0.488. The summed E-state index contributed by atoms with van der Waals surface area (Å²) in [6.07, 6.45) is 3.45. The van der Waals surface area contributed by atoms with Gasteiger partial charge in [-0.25, -0.2) is 9.97 Å². The molecule has 2 N–H and O–H groups in total. The fraction of sp³-hybridized carbons (Fsp3) is 0.389. The fourth-order valence-electron chi connectivity index (χ4n) is 3.04. The lowest BCUT2D eigenvalue weighted by Gasteiger charge is -2.34. The molecular weight excluding hydrogens is 372 g/mol. The van der Waals surface area contributed by atoms with Gasteiger partial charge in [-0.3, -0.25) is 4.79 Å². The molecule has 2 heterocycles. The zero-order chi connectivity index (χ0) is 19.2. The minimum atomic E-state index is -2.45. The number of nitrogens with zero attached hydrogens (tertiary/aromatic N) is 3. The molecule has 1 aliphatic heterocycles. The highest BCUT2D eigenvalue weighted by Gasteiger charge is 2.29. The van der Waals surface area contributed by atoms with Crippen LogP contribution in [0.25, 0.3) is 0 Å². The minimum Gasteiger partial charge on any atom is -0.330 e. The van der Waals surface area contributed by atoms with Crippen molar-refractivity contribution in [1.29, 1.82) is 0 Å². The van der Waals surface area contributed by atoms with Crippen molar-refractivity contribution in [1.82, 2.24) is 9.97 Å². The van der Waals surface area contributed by atoms with Gasteiger partial charge in [0, 0.05) is 23.0 Å². The molecule has 1 saturated heterocycles. The molecule has 144 valence electrons. The molecule has 1 aromatic carbocycles. The normalized spacial score (nSPS) is 16.4. The van der Waals surface area contributed by atoms with Crippen LogP contribution in [0.15, 0.2) is 47.6 Å². The van der Waals surface area contributed by atoms with Crippen LogP contribution in [0.4, 0.5) is 20.4 Å². The molecule has 27 heavy (non-hydrogen) atoms. The van der Waals surface area contributed by atoms with Crippen LogP contribution in [0, 0.1) is 0 Å². The van der Waals surface area contributed by atoms with Crippen molar-refractivity contribution >= 4 is 29.3 Å². The van der Waals surface area contributed by atoms with Gasteiger partial charge in [0.2, 0.25) is 5.95 Å². The van der Waals surface area contributed by atoms with Crippen molar-refractivity contribution in [2.75, 3.05) is 36.4 Å². The third kappa shape index (κ3) is 5.36. The minimum absolute atomic E-state index is 0.0799. The highest BCUT2D eigenvalue weighted by Crippen LogP contribution is 2.26. The molecule has 0 spiro atoms. The molecule has 2 aromatic rings. The molecule has 0 bridgehead atoms. The van der Waals surface area contributed by atoms with Gasteiger partial charge in [0.05, 0.1) is 26.2 Å². The predicted molar refractivity (Wildman–Crippen MR) is 101 cm³/mol. The van der Waals surface area contributed by atoms with Gasteiger partial charge in [-0.15, -0.1) is 0 Å². The number of anilines is 2. The number of carbonyl (C=O) groups is 1. The highest BCUT2D eigenvalue weighted by atomic mass is 32.2. The number of piperazine rings is 1. The Kier molecular flexibility index (Phi) is 6.57. The number of quaternary nitrogens is 1. The Bertz CT molecular complexity index is 739. The van der Waals surface area contributed by atoms with Gasteiger partial charge in [-0.2, -0.15) is 8.78 Å². The number of hydrogen-bond acceptors (Lipinski definition) is 5. The molecule has 3 rings (SSSR count). The summed E-state index contributed by atoms with van der Waals surface area (Å²) in [7, 11) is 0. The number of carbonyl (C=O) groups excluding carboxylic acids is 1. The average Bonchev–Trinajstić information content (AvgIpc) is 2.69. The maximum Gasteiger partial charge on any atom is 0.288 e. The van der Waals surface area contributed by atoms with Gasteiger partial charge in [0.1, 0.15) is 0 Å². The van der Waals surface area contributed by atoms with E-state index in [1.165, 1.54) is 4.90 Å². The summed E-state index contributed by atoms with van der Waals surface area (Å²) in [4.78, 5) is 24.9. The molecule has 0 saturated carbocycles. The quantitative estimate of drug-likeness (QED) is 0.728. The van der Waals surface area contributed by atoms with Crippen molar-refractivity contribution in [2.24, 2.45) is 0 Å². The molecule has 0 radical (unpaired) electrons. The van der Waals surface area contributed by atoms with Crippen LogP contribution in [0.1, 0.15) is 6.92 Å². The third-order valence-corrected chi connectivity index (χ3v) is 5.32. The van der Waals surface area contributed by atoms with Gasteiger partial charge in [-0.05, 0) is 37.3 Å². The van der Waals surface area contributed by atoms with Crippen molar-refractivity contribution in [3.8, 4) is 0 Å². The molecule has 1 aliphatic rings. The topological polar surface area (TPSA) is 62.6 Å². The second-order valence-corrected chi connectivity index (χ2v) is 7.37. The number of thioether (sulfide) groups is 1. The van der Waals surface area contributed by atoms with E-state index in [0.717, 1.165) is 32.1 Å². The van der Waals surface area contributed by atoms with Gasteiger partial charge < -0.3 is 15.1 Å². The zero-order valence-electron chi connectivity index (χ0n) is 14.9. The first-order chi connectivity index (χ1) is 13.0. The molecule has 1 amide bonds. The first-order valence-corrected chi connectivity index (χ1v) is 9.63. The fourth-order valence-corrected chi connectivity index (χ4v) is 3.54. The van der Waals surface area contributed by atoms with E-state index in [0.29, 0.717) is 22.3 Å². The zero-order valence-corrected chi connectivity index (χ0v) is 15.8. The first-order valence-electron chi connectivity index (χ1n) is 8.75. The van der Waals surface area contributed by atoms with Crippen molar-refractivity contribution in [3.05, 3.63) is 42.7 Å². The second-order valence-electron chi connectivity index (χ2n) is 6.31. The third-order valence-electron chi connectivity index (χ3n) is 4.59. The Morgan fingerprint density at radius 1 is 1.19 bits per heavy atom. The first kappa shape index (κ1) is 19.5. The Balaban J connectivity index is 1.50. The SMILES string of the molecule is C[C@@H](C(=O)Nc1ccc(SC(F)F)cc1)[NH+]1CCN(c2ncccn2)CC1. The lowest BCUT2D eigenvalue weighted by molar-refractivity contribution is -0.914. The largest absolute Gasteiger partial charge is 0.330 e. The van der Waals surface area contributed by atoms with E-state index < -0.39 is 5.76 Å². The summed E-state index contributed by atoms with van der Waals surface area (Å²) in [6, 6.07) is 8.05. The number of hydrogen-bond donors (Lipinski definition) is 2. The number of nitrogens with one attached hydrogen (secondary N) is 2. The second kappa shape index (κ2) is 9.09. The summed E-state index contributed by atoms with van der Waals surface area (Å²) in [5.41, 5.74) is 0.612. The van der Waals surface area contributed by atoms with E-state index in [9.17, 15) is 13.6 Å². The van der Waals surface area contributed by atoms with E-state index >= 15 is 0 Å². The van der Waals surface area contributed by atoms with Crippen LogP contribution in [0.2, 0.25) is 0 Å². The van der Waals surface area contributed by atoms with E-state index in [1.807, 2.05) is 6.92 Å². The summed E-state index contributed by atoms with van der Waals surface area (Å²) in [6.45, 7) is 5.11. The van der Waals surface area contributed by atoms with E-state index in [-0.39, 0.29) is 11.9 Å². The molecule has 6 nitrogen and oxygen atoms in total. The van der Waals surface area contributed by atoms with Gasteiger partial charge >= 0.3 is 0 Å². The van der Waals surface area contributed by atoms with Crippen molar-refractivity contribution < 1.29 is 18.5 Å². The Hall–Kier alpha value is -2.26. The lowest BCUT2D eigenvalue weighted by atomic mass is 10.2. The lowest BCUT2D eigenvalue weighted by Crippen LogP contribution is -3.19. The van der Waals surface area contributed by atoms with Crippen LogP contribution >= 0.6 is 11.8 Å². The van der Waals surface area contributed by atoms with E-state index in [4.69, 9.17) is 0 Å². The highest BCUT2D eigenvalue weighted by molar-refractivity contribution is 7.99. The standard InChI is InChI=1S/C18H21F2N5OS/c1-13(16(26)23-14-3-5-15(6-4-14)27-17(19)20)24-9-11-25(12-10-24)18-21-7-2-8-22-18/h2-8,13,17H,9-12H2,1H3,(H,23,26)/p+1/t13-/m0/s1. The van der Waals surface area contributed by atoms with Gasteiger partial charge in [0.25, 0.3) is 11.7 Å². The van der Waals surface area contributed by atoms with Gasteiger partial charge in [0.15, 0.2) is 6.04 Å². The smallest absolute Gasteiger partial charge is 0.288 e. The van der Waals surface area contributed by atoms with Crippen LogP contribution in [0.3, 0.4) is 0 Å². The molecule has 0 aliphatic carbocycles. The molecule has 0 unspecified atom stereocenters. The molecule has 1 aromatic heterocycles. The van der Waals surface area contributed by atoms with Gasteiger partial charge in [-0.1, -0.05) is 11.8 Å².